The molecule has 0 radical (unpaired) electrons. The first kappa shape index (κ1) is 18.8. The zero-order valence-electron chi connectivity index (χ0n) is 13.3. The molecular weight excluding hydrogens is 353 g/mol. The van der Waals surface area contributed by atoms with Crippen molar-refractivity contribution in [2.75, 3.05) is 32.8 Å². The van der Waals surface area contributed by atoms with E-state index >= 15 is 0 Å². The van der Waals surface area contributed by atoms with Crippen molar-refractivity contribution in [3.8, 4) is 5.75 Å². The van der Waals surface area contributed by atoms with Crippen molar-refractivity contribution in [2.45, 2.75) is 12.8 Å². The summed E-state index contributed by atoms with van der Waals surface area (Å²) in [6.07, 6.45) is 1.56. The highest BCUT2D eigenvalue weighted by molar-refractivity contribution is 6.42. The van der Waals surface area contributed by atoms with Crippen LogP contribution in [0.5, 0.6) is 5.75 Å². The summed E-state index contributed by atoms with van der Waals surface area (Å²) in [7, 11) is 0. The Labute approximate surface area is 151 Å². The third-order valence-electron chi connectivity index (χ3n) is 3.84. The van der Waals surface area contributed by atoms with Gasteiger partial charge in [0.1, 0.15) is 5.75 Å². The first-order chi connectivity index (χ1) is 11.5. The quantitative estimate of drug-likeness (QED) is 0.794. The molecule has 0 spiro atoms. The number of ether oxygens (including phenoxy) is 1. The fraction of sp³-hybridized carbons (Fsp3) is 0.500. The number of nitrogens with one attached hydrogen (secondary N) is 1. The number of rotatable bonds is 6. The number of nitrogens with two attached hydrogens (primary N) is 1. The predicted molar refractivity (Wildman–Crippen MR) is 93.3 cm³/mol. The molecule has 2 amide bonds. The van der Waals surface area contributed by atoms with Crippen LogP contribution in [0, 0.1) is 5.92 Å². The van der Waals surface area contributed by atoms with Crippen molar-refractivity contribution in [3.05, 3.63) is 28.2 Å². The van der Waals surface area contributed by atoms with E-state index in [-0.39, 0.29) is 24.3 Å². The molecule has 1 aliphatic rings. The number of likely N-dealkylation sites (tertiary alicyclic amines) is 1. The summed E-state index contributed by atoms with van der Waals surface area (Å²) >= 11 is 11.8. The lowest BCUT2D eigenvalue weighted by Gasteiger charge is -2.32. The number of hydrogen-bond donors (Lipinski definition) is 2. The van der Waals surface area contributed by atoms with Crippen molar-refractivity contribution in [3.63, 3.8) is 0 Å². The van der Waals surface area contributed by atoms with Crippen LogP contribution in [0.2, 0.25) is 10.0 Å². The molecule has 0 aliphatic carbocycles. The highest BCUT2D eigenvalue weighted by Crippen LogP contribution is 2.26. The van der Waals surface area contributed by atoms with E-state index in [2.05, 4.69) is 5.32 Å². The van der Waals surface area contributed by atoms with Gasteiger partial charge in [-0.05, 0) is 25.0 Å². The molecule has 1 saturated heterocycles. The number of carbonyl (C=O) groups is 2. The van der Waals surface area contributed by atoms with E-state index in [0.29, 0.717) is 42.0 Å². The maximum absolute atomic E-state index is 12.3. The van der Waals surface area contributed by atoms with Crippen LogP contribution in [0.4, 0.5) is 0 Å². The second kappa shape index (κ2) is 9.11. The van der Waals surface area contributed by atoms with Crippen LogP contribution < -0.4 is 15.8 Å². The molecular formula is C16H21Cl2N3O3. The van der Waals surface area contributed by atoms with E-state index in [0.717, 1.165) is 12.8 Å². The van der Waals surface area contributed by atoms with E-state index < -0.39 is 0 Å². The van der Waals surface area contributed by atoms with E-state index in [4.69, 9.17) is 33.7 Å². The molecule has 1 aromatic carbocycles. The summed E-state index contributed by atoms with van der Waals surface area (Å²) in [5.74, 6) is 0.0759. The Morgan fingerprint density at radius 3 is 2.83 bits per heavy atom. The Balaban J connectivity index is 1.85. The van der Waals surface area contributed by atoms with Gasteiger partial charge in [-0.15, -0.1) is 0 Å². The highest BCUT2D eigenvalue weighted by Gasteiger charge is 2.28. The molecule has 1 heterocycles. The van der Waals surface area contributed by atoms with Crippen LogP contribution in [-0.2, 0) is 9.59 Å². The number of amides is 2. The number of piperidine rings is 1. The van der Waals surface area contributed by atoms with Gasteiger partial charge in [0.05, 0.1) is 16.0 Å². The molecule has 24 heavy (non-hydrogen) atoms. The largest absolute Gasteiger partial charge is 0.484 e. The fourth-order valence-electron chi connectivity index (χ4n) is 2.56. The van der Waals surface area contributed by atoms with E-state index in [1.54, 1.807) is 23.1 Å². The van der Waals surface area contributed by atoms with Gasteiger partial charge < -0.3 is 20.7 Å². The van der Waals surface area contributed by atoms with Gasteiger partial charge in [0.2, 0.25) is 5.91 Å². The summed E-state index contributed by atoms with van der Waals surface area (Å²) in [4.78, 5) is 26.0. The zero-order valence-corrected chi connectivity index (χ0v) is 14.8. The second-order valence-corrected chi connectivity index (χ2v) is 6.44. The summed E-state index contributed by atoms with van der Waals surface area (Å²) in [6.45, 7) is 1.78. The fourth-order valence-corrected chi connectivity index (χ4v) is 2.85. The molecule has 2 rings (SSSR count). The Hall–Kier alpha value is -1.50. The lowest BCUT2D eigenvalue weighted by atomic mass is 9.97. The third-order valence-corrected chi connectivity index (χ3v) is 4.58. The molecule has 1 aliphatic heterocycles. The molecule has 1 fully saturated rings. The minimum Gasteiger partial charge on any atom is -0.484 e. The van der Waals surface area contributed by atoms with E-state index in [1.165, 1.54) is 0 Å². The van der Waals surface area contributed by atoms with Crippen LogP contribution in [0.15, 0.2) is 18.2 Å². The van der Waals surface area contributed by atoms with Gasteiger partial charge in [-0.1, -0.05) is 23.2 Å². The number of hydrogen-bond acceptors (Lipinski definition) is 4. The minimum atomic E-state index is -0.195. The summed E-state index contributed by atoms with van der Waals surface area (Å²) < 4.78 is 5.47. The number of carbonyl (C=O) groups excluding carboxylic acids is 2. The summed E-state index contributed by atoms with van der Waals surface area (Å²) in [5, 5.41) is 3.57. The molecule has 0 saturated carbocycles. The van der Waals surface area contributed by atoms with Crippen molar-refractivity contribution < 1.29 is 14.3 Å². The summed E-state index contributed by atoms with van der Waals surface area (Å²) in [5.41, 5.74) is 5.38. The van der Waals surface area contributed by atoms with Crippen LogP contribution >= 0.6 is 23.2 Å². The Bertz CT molecular complexity index is 598. The van der Waals surface area contributed by atoms with Gasteiger partial charge in [-0.25, -0.2) is 0 Å². The van der Waals surface area contributed by atoms with Crippen LogP contribution in [-0.4, -0.2) is 49.5 Å². The first-order valence-electron chi connectivity index (χ1n) is 7.84. The topological polar surface area (TPSA) is 84.7 Å². The van der Waals surface area contributed by atoms with Crippen LogP contribution in [0.1, 0.15) is 12.8 Å². The highest BCUT2D eigenvalue weighted by atomic mass is 35.5. The third kappa shape index (κ3) is 5.26. The molecule has 1 aromatic rings. The minimum absolute atomic E-state index is 0.0525. The van der Waals surface area contributed by atoms with Gasteiger partial charge in [0.25, 0.3) is 5.91 Å². The monoisotopic (exact) mass is 373 g/mol. The molecule has 3 N–H and O–H groups in total. The summed E-state index contributed by atoms with van der Waals surface area (Å²) in [6, 6.07) is 4.83. The number of nitrogens with zero attached hydrogens (tertiary/aromatic N) is 1. The van der Waals surface area contributed by atoms with Crippen molar-refractivity contribution >= 4 is 35.0 Å². The SMILES string of the molecule is NCCNC(=O)C1CCCN(C(=O)COc2ccc(Cl)c(Cl)c2)C1. The standard InChI is InChI=1S/C16H21Cl2N3O3/c17-13-4-3-12(8-14(13)18)24-10-15(22)21-7-1-2-11(9-21)16(23)20-6-5-19/h3-4,8,11H,1-2,5-7,9-10,19H2,(H,20,23). The number of halogens is 2. The normalized spacial score (nSPS) is 17.5. The van der Waals surface area contributed by atoms with Crippen molar-refractivity contribution in [2.24, 2.45) is 11.7 Å². The van der Waals surface area contributed by atoms with Crippen LogP contribution in [0.3, 0.4) is 0 Å². The maximum Gasteiger partial charge on any atom is 0.260 e. The van der Waals surface area contributed by atoms with Gasteiger partial charge in [0.15, 0.2) is 6.61 Å². The van der Waals surface area contributed by atoms with E-state index in [9.17, 15) is 9.59 Å². The number of benzene rings is 1. The van der Waals surface area contributed by atoms with Gasteiger partial charge in [-0.3, -0.25) is 9.59 Å². The van der Waals surface area contributed by atoms with Crippen LogP contribution in [0.25, 0.3) is 0 Å². The molecule has 0 bridgehead atoms. The smallest absolute Gasteiger partial charge is 0.260 e. The molecule has 1 unspecified atom stereocenters. The molecule has 1 atom stereocenters. The predicted octanol–water partition coefficient (Wildman–Crippen LogP) is 1.69. The zero-order chi connectivity index (χ0) is 17.5. The van der Waals surface area contributed by atoms with E-state index in [1.807, 2.05) is 0 Å². The first-order valence-corrected chi connectivity index (χ1v) is 8.60. The van der Waals surface area contributed by atoms with Crippen molar-refractivity contribution in [1.82, 2.24) is 10.2 Å². The molecule has 8 heteroatoms. The van der Waals surface area contributed by atoms with Gasteiger partial charge in [0, 0.05) is 32.2 Å². The molecule has 132 valence electrons. The van der Waals surface area contributed by atoms with Gasteiger partial charge >= 0.3 is 0 Å². The molecule has 0 aromatic heterocycles. The lowest BCUT2D eigenvalue weighted by molar-refractivity contribution is -0.137. The Morgan fingerprint density at radius 2 is 2.12 bits per heavy atom. The average Bonchev–Trinajstić information content (AvgIpc) is 2.60. The maximum atomic E-state index is 12.3. The average molecular weight is 374 g/mol. The lowest BCUT2D eigenvalue weighted by Crippen LogP contribution is -2.47. The van der Waals surface area contributed by atoms with Gasteiger partial charge in [-0.2, -0.15) is 0 Å². The van der Waals surface area contributed by atoms with Crippen molar-refractivity contribution in [1.29, 1.82) is 0 Å². The second-order valence-electron chi connectivity index (χ2n) is 5.62. The Kier molecular flexibility index (Phi) is 7.15. The molecule has 6 nitrogen and oxygen atoms in total. The Morgan fingerprint density at radius 1 is 1.33 bits per heavy atom.